The molecule has 1 heterocycles. The number of hydrogen-bond acceptors (Lipinski definition) is 6. The summed E-state index contributed by atoms with van der Waals surface area (Å²) in [7, 11) is 0. The van der Waals surface area contributed by atoms with Crippen LogP contribution in [0.25, 0.3) is 0 Å². The fraction of sp³-hybridized carbons (Fsp3) is 0.553. The van der Waals surface area contributed by atoms with Crippen molar-refractivity contribution in [3.05, 3.63) is 84.6 Å². The summed E-state index contributed by atoms with van der Waals surface area (Å²) in [6, 6.07) is 18.0. The van der Waals surface area contributed by atoms with Crippen molar-refractivity contribution in [2.45, 2.75) is 110 Å². The number of β-amino-alcohol motifs (C(OH)–C–C–N with tert-alkyl or cyclic N) is 1. The lowest BCUT2D eigenvalue weighted by Crippen LogP contribution is -2.57. The SMILES string of the molecule is C[C@@H](C(=O)N[C@@H](Cc1ccccc1)[C@H](O)CN1C[CH]CCCC[CH]C[C@H]1C(=O)NC(C)(C)C)C(C)(C)C(=O)OCc1ccccc1. The second-order valence-electron chi connectivity index (χ2n) is 14.2. The third kappa shape index (κ3) is 11.8. The Bertz CT molecular complexity index is 1230. The summed E-state index contributed by atoms with van der Waals surface area (Å²) in [5, 5.41) is 18.0. The number of amides is 2. The molecule has 1 saturated heterocycles. The Morgan fingerprint density at radius 1 is 0.913 bits per heavy atom. The van der Waals surface area contributed by atoms with Crippen molar-refractivity contribution in [1.29, 1.82) is 0 Å². The van der Waals surface area contributed by atoms with E-state index in [1.807, 2.05) is 86.3 Å². The molecule has 1 aliphatic heterocycles. The zero-order valence-electron chi connectivity index (χ0n) is 28.6. The summed E-state index contributed by atoms with van der Waals surface area (Å²) in [5.41, 5.74) is 0.329. The summed E-state index contributed by atoms with van der Waals surface area (Å²) in [6.45, 7) is 11.9. The van der Waals surface area contributed by atoms with Crippen LogP contribution in [0.1, 0.15) is 84.8 Å². The van der Waals surface area contributed by atoms with Gasteiger partial charge in [-0.15, -0.1) is 0 Å². The highest BCUT2D eigenvalue weighted by Crippen LogP contribution is 2.29. The largest absolute Gasteiger partial charge is 0.460 e. The molecule has 8 nitrogen and oxygen atoms in total. The van der Waals surface area contributed by atoms with Gasteiger partial charge >= 0.3 is 5.97 Å². The number of benzene rings is 2. The molecule has 0 saturated carbocycles. The van der Waals surface area contributed by atoms with Crippen LogP contribution in [0.2, 0.25) is 0 Å². The fourth-order valence-corrected chi connectivity index (χ4v) is 5.55. The molecular formula is C38H55N3O5. The van der Waals surface area contributed by atoms with Gasteiger partial charge in [-0.3, -0.25) is 19.3 Å². The molecule has 4 atom stereocenters. The van der Waals surface area contributed by atoms with Crippen LogP contribution in [-0.4, -0.2) is 64.6 Å². The highest BCUT2D eigenvalue weighted by Gasteiger charge is 2.41. The summed E-state index contributed by atoms with van der Waals surface area (Å²) >= 11 is 0. The van der Waals surface area contributed by atoms with Gasteiger partial charge in [0, 0.05) is 18.6 Å². The predicted molar refractivity (Wildman–Crippen MR) is 182 cm³/mol. The Hall–Kier alpha value is -3.23. The molecule has 46 heavy (non-hydrogen) atoms. The first kappa shape index (κ1) is 37.2. The number of nitrogens with one attached hydrogen (secondary N) is 2. The van der Waals surface area contributed by atoms with Crippen LogP contribution in [0.3, 0.4) is 0 Å². The molecule has 252 valence electrons. The molecule has 1 aliphatic rings. The number of aliphatic hydroxyl groups is 1. The summed E-state index contributed by atoms with van der Waals surface area (Å²) in [6.07, 6.45) is 8.41. The van der Waals surface area contributed by atoms with E-state index in [9.17, 15) is 19.5 Å². The van der Waals surface area contributed by atoms with Crippen molar-refractivity contribution in [3.63, 3.8) is 0 Å². The zero-order chi connectivity index (χ0) is 33.7. The Balaban J connectivity index is 1.79. The third-order valence-corrected chi connectivity index (χ3v) is 8.79. The second kappa shape index (κ2) is 17.6. The van der Waals surface area contributed by atoms with E-state index in [4.69, 9.17) is 4.74 Å². The van der Waals surface area contributed by atoms with E-state index in [1.54, 1.807) is 20.8 Å². The van der Waals surface area contributed by atoms with E-state index in [0.717, 1.165) is 36.8 Å². The van der Waals surface area contributed by atoms with Crippen LogP contribution >= 0.6 is 0 Å². The Kier molecular flexibility index (Phi) is 14.3. The molecule has 0 aromatic heterocycles. The Morgan fingerprint density at radius 2 is 1.50 bits per heavy atom. The van der Waals surface area contributed by atoms with E-state index < -0.39 is 41.0 Å². The first-order valence-electron chi connectivity index (χ1n) is 16.7. The van der Waals surface area contributed by atoms with Gasteiger partial charge in [-0.05, 0) is 77.8 Å². The molecule has 2 amide bonds. The first-order chi connectivity index (χ1) is 21.8. The van der Waals surface area contributed by atoms with Crippen LogP contribution in [0, 0.1) is 24.2 Å². The average molecular weight is 634 g/mol. The van der Waals surface area contributed by atoms with Gasteiger partial charge in [-0.2, -0.15) is 0 Å². The van der Waals surface area contributed by atoms with Crippen molar-refractivity contribution in [1.82, 2.24) is 15.5 Å². The topological polar surface area (TPSA) is 108 Å². The summed E-state index contributed by atoms with van der Waals surface area (Å²) in [5.74, 6) is -1.61. The van der Waals surface area contributed by atoms with Crippen molar-refractivity contribution in [2.24, 2.45) is 11.3 Å². The van der Waals surface area contributed by atoms with Gasteiger partial charge in [0.1, 0.15) is 6.61 Å². The molecule has 0 unspecified atom stereocenters. The van der Waals surface area contributed by atoms with Gasteiger partial charge in [-0.1, -0.05) is 86.8 Å². The molecule has 2 aromatic rings. The number of nitrogens with zero attached hydrogens (tertiary/aromatic N) is 1. The summed E-state index contributed by atoms with van der Waals surface area (Å²) in [4.78, 5) is 42.5. The molecule has 3 rings (SSSR count). The quantitative estimate of drug-likeness (QED) is 0.269. The lowest BCUT2D eigenvalue weighted by molar-refractivity contribution is -0.161. The summed E-state index contributed by atoms with van der Waals surface area (Å²) < 4.78 is 5.60. The van der Waals surface area contributed by atoms with Gasteiger partial charge in [0.25, 0.3) is 0 Å². The minimum atomic E-state index is -1.11. The van der Waals surface area contributed by atoms with Gasteiger partial charge in [0.15, 0.2) is 0 Å². The second-order valence-corrected chi connectivity index (χ2v) is 14.2. The predicted octanol–water partition coefficient (Wildman–Crippen LogP) is 5.44. The number of hydrogen-bond donors (Lipinski definition) is 3. The number of carbonyl (C=O) groups excluding carboxylic acids is 3. The van der Waals surface area contributed by atoms with Crippen molar-refractivity contribution in [3.8, 4) is 0 Å². The lowest BCUT2D eigenvalue weighted by Gasteiger charge is -2.37. The molecule has 2 radical (unpaired) electrons. The number of esters is 1. The standard InChI is InChI=1S/C38H55N3O5/c1-28(38(5,6)36(45)46-27-30-21-15-12-16-22-30)34(43)39-31(25-29-19-13-11-14-20-29)33(42)26-41-24-18-10-8-7-9-17-23-32(41)35(44)40-37(2,3)4/h11-22,28,31-33,42H,7-10,23-27H2,1-6H3,(H,39,43)(H,40,44)/t28-,31-,32-,33+/m0/s1. The van der Waals surface area contributed by atoms with E-state index >= 15 is 0 Å². The monoisotopic (exact) mass is 633 g/mol. The fourth-order valence-electron chi connectivity index (χ4n) is 5.55. The molecular weight excluding hydrogens is 578 g/mol. The molecule has 2 aromatic carbocycles. The molecule has 3 N–H and O–H groups in total. The smallest absolute Gasteiger partial charge is 0.312 e. The number of ether oxygens (including phenoxy) is 1. The Labute approximate surface area is 276 Å². The molecule has 8 heteroatoms. The minimum Gasteiger partial charge on any atom is -0.460 e. The van der Waals surface area contributed by atoms with E-state index in [0.29, 0.717) is 19.4 Å². The van der Waals surface area contributed by atoms with E-state index in [2.05, 4.69) is 23.5 Å². The highest BCUT2D eigenvalue weighted by atomic mass is 16.5. The van der Waals surface area contributed by atoms with Gasteiger partial charge < -0.3 is 20.5 Å². The van der Waals surface area contributed by atoms with Gasteiger partial charge in [0.05, 0.1) is 29.5 Å². The molecule has 1 fully saturated rings. The van der Waals surface area contributed by atoms with Crippen LogP contribution in [0.15, 0.2) is 60.7 Å². The number of aliphatic hydroxyl groups excluding tert-OH is 1. The molecule has 0 bridgehead atoms. The van der Waals surface area contributed by atoms with Gasteiger partial charge in [0.2, 0.25) is 11.8 Å². The van der Waals surface area contributed by atoms with Crippen LogP contribution in [-0.2, 0) is 32.1 Å². The van der Waals surface area contributed by atoms with Crippen molar-refractivity contribution in [2.75, 3.05) is 13.1 Å². The van der Waals surface area contributed by atoms with E-state index in [1.165, 1.54) is 0 Å². The zero-order valence-corrected chi connectivity index (χ0v) is 28.6. The number of carbonyl (C=O) groups is 3. The lowest BCUT2D eigenvalue weighted by atomic mass is 9.79. The van der Waals surface area contributed by atoms with Crippen molar-refractivity contribution < 1.29 is 24.2 Å². The van der Waals surface area contributed by atoms with Crippen molar-refractivity contribution >= 4 is 17.8 Å². The third-order valence-electron chi connectivity index (χ3n) is 8.79. The Morgan fingerprint density at radius 3 is 2.11 bits per heavy atom. The maximum Gasteiger partial charge on any atom is 0.312 e. The number of rotatable bonds is 12. The normalized spacial score (nSPS) is 18.9. The average Bonchev–Trinajstić information content (AvgIpc) is 3.02. The maximum absolute atomic E-state index is 13.8. The van der Waals surface area contributed by atoms with Crippen LogP contribution < -0.4 is 10.6 Å². The molecule has 0 aliphatic carbocycles. The molecule has 0 spiro atoms. The van der Waals surface area contributed by atoms with Crippen LogP contribution in [0.4, 0.5) is 0 Å². The minimum absolute atomic E-state index is 0.0713. The van der Waals surface area contributed by atoms with Gasteiger partial charge in [-0.25, -0.2) is 0 Å². The van der Waals surface area contributed by atoms with E-state index in [-0.39, 0.29) is 25.0 Å². The van der Waals surface area contributed by atoms with Crippen LogP contribution in [0.5, 0.6) is 0 Å². The first-order valence-corrected chi connectivity index (χ1v) is 16.7. The highest BCUT2D eigenvalue weighted by molar-refractivity contribution is 5.87. The maximum atomic E-state index is 13.8.